The lowest BCUT2D eigenvalue weighted by atomic mass is 10.0. The Kier molecular flexibility index (Phi) is 2.49. The molecule has 0 atom stereocenters. The van der Waals surface area contributed by atoms with Crippen molar-refractivity contribution in [1.29, 1.82) is 0 Å². The van der Waals surface area contributed by atoms with Crippen LogP contribution < -0.4 is 16.4 Å². The van der Waals surface area contributed by atoms with Crippen LogP contribution in [0.1, 0.15) is 18.9 Å². The Balaban J connectivity index is 2.45. The molecule has 0 bridgehead atoms. The summed E-state index contributed by atoms with van der Waals surface area (Å²) in [4.78, 5) is 11.1. The minimum atomic E-state index is -0.0949. The number of nitrogen functional groups attached to an aromatic ring is 1. The van der Waals surface area contributed by atoms with Crippen molar-refractivity contribution < 1.29 is 4.79 Å². The average molecular weight is 205 g/mol. The number of amides is 1. The van der Waals surface area contributed by atoms with Gasteiger partial charge in [0.25, 0.3) is 0 Å². The first kappa shape index (κ1) is 9.83. The monoisotopic (exact) mass is 205 g/mol. The number of nitrogens with one attached hydrogen (secondary N) is 2. The average Bonchev–Trinajstić information content (AvgIpc) is 2.22. The van der Waals surface area contributed by atoms with Crippen molar-refractivity contribution >= 4 is 23.0 Å². The predicted molar refractivity (Wildman–Crippen MR) is 62.0 cm³/mol. The maximum Gasteiger partial charge on any atom is 0.221 e. The molecule has 1 aliphatic heterocycles. The molecule has 1 heterocycles. The van der Waals surface area contributed by atoms with Crippen LogP contribution in [0.2, 0.25) is 0 Å². The summed E-state index contributed by atoms with van der Waals surface area (Å²) in [5, 5.41) is 6.06. The van der Waals surface area contributed by atoms with Gasteiger partial charge in [-0.15, -0.1) is 0 Å². The number of carbonyl (C=O) groups excluding carboxylic acids is 1. The Bertz CT molecular complexity index is 401. The summed E-state index contributed by atoms with van der Waals surface area (Å²) in [6.07, 6.45) is 2.16. The highest BCUT2D eigenvalue weighted by molar-refractivity contribution is 5.98. The van der Waals surface area contributed by atoms with E-state index in [9.17, 15) is 4.79 Å². The van der Waals surface area contributed by atoms with Gasteiger partial charge in [-0.25, -0.2) is 0 Å². The third-order valence-electron chi connectivity index (χ3n) is 2.55. The first-order chi connectivity index (χ1) is 7.18. The van der Waals surface area contributed by atoms with Crippen LogP contribution in [0.4, 0.5) is 17.1 Å². The number of anilines is 3. The number of aryl methyl sites for hydroxylation is 1. The van der Waals surface area contributed by atoms with Gasteiger partial charge >= 0.3 is 0 Å². The molecular formula is C11H15N3O. The van der Waals surface area contributed by atoms with Crippen LogP contribution in [0.5, 0.6) is 0 Å². The maximum atomic E-state index is 11.1. The maximum absolute atomic E-state index is 11.1. The minimum Gasteiger partial charge on any atom is -0.397 e. The van der Waals surface area contributed by atoms with E-state index in [-0.39, 0.29) is 5.91 Å². The van der Waals surface area contributed by atoms with Crippen molar-refractivity contribution in [3.63, 3.8) is 0 Å². The van der Waals surface area contributed by atoms with Gasteiger partial charge in [-0.05, 0) is 24.5 Å². The lowest BCUT2D eigenvalue weighted by molar-refractivity contribution is -0.114. The number of rotatable bonds is 1. The molecule has 1 aromatic carbocycles. The smallest absolute Gasteiger partial charge is 0.221 e. The molecule has 1 aromatic rings. The molecule has 4 N–H and O–H groups in total. The number of benzene rings is 1. The van der Waals surface area contributed by atoms with Crippen LogP contribution in [0.25, 0.3) is 0 Å². The summed E-state index contributed by atoms with van der Waals surface area (Å²) >= 11 is 0. The van der Waals surface area contributed by atoms with Crippen molar-refractivity contribution in [3.8, 4) is 0 Å². The Morgan fingerprint density at radius 3 is 3.07 bits per heavy atom. The summed E-state index contributed by atoms with van der Waals surface area (Å²) in [7, 11) is 0. The van der Waals surface area contributed by atoms with E-state index in [0.29, 0.717) is 5.69 Å². The van der Waals surface area contributed by atoms with E-state index in [1.54, 1.807) is 0 Å². The predicted octanol–water partition coefficient (Wildman–Crippen LogP) is 1.59. The van der Waals surface area contributed by atoms with E-state index in [1.165, 1.54) is 12.5 Å². The van der Waals surface area contributed by atoms with Gasteiger partial charge < -0.3 is 16.4 Å². The van der Waals surface area contributed by atoms with Gasteiger partial charge in [0.2, 0.25) is 5.91 Å². The van der Waals surface area contributed by atoms with E-state index in [0.717, 1.165) is 30.8 Å². The zero-order chi connectivity index (χ0) is 10.8. The summed E-state index contributed by atoms with van der Waals surface area (Å²) < 4.78 is 0. The van der Waals surface area contributed by atoms with Crippen molar-refractivity contribution in [1.82, 2.24) is 0 Å². The molecule has 0 saturated heterocycles. The largest absolute Gasteiger partial charge is 0.397 e. The third-order valence-corrected chi connectivity index (χ3v) is 2.55. The van der Waals surface area contributed by atoms with Gasteiger partial charge in [-0.2, -0.15) is 0 Å². The quantitative estimate of drug-likeness (QED) is 0.610. The van der Waals surface area contributed by atoms with E-state index in [4.69, 9.17) is 5.73 Å². The van der Waals surface area contributed by atoms with Crippen LogP contribution in [0.15, 0.2) is 12.1 Å². The summed E-state index contributed by atoms with van der Waals surface area (Å²) in [6.45, 7) is 2.42. The molecule has 0 spiro atoms. The normalized spacial score (nSPS) is 13.9. The second kappa shape index (κ2) is 3.81. The molecule has 80 valence electrons. The third kappa shape index (κ3) is 1.88. The van der Waals surface area contributed by atoms with Crippen molar-refractivity contribution in [2.75, 3.05) is 22.9 Å². The molecule has 15 heavy (non-hydrogen) atoms. The lowest BCUT2D eigenvalue weighted by Crippen LogP contribution is -2.17. The van der Waals surface area contributed by atoms with E-state index in [2.05, 4.69) is 10.6 Å². The molecule has 0 aromatic heterocycles. The number of nitrogens with two attached hydrogens (primary N) is 1. The summed E-state index contributed by atoms with van der Waals surface area (Å²) in [5.41, 5.74) is 9.37. The minimum absolute atomic E-state index is 0.0949. The molecule has 0 radical (unpaired) electrons. The van der Waals surface area contributed by atoms with Gasteiger partial charge in [0.05, 0.1) is 17.1 Å². The molecule has 0 fully saturated rings. The molecular weight excluding hydrogens is 190 g/mol. The molecule has 2 rings (SSSR count). The van der Waals surface area contributed by atoms with Crippen LogP contribution >= 0.6 is 0 Å². The van der Waals surface area contributed by atoms with Gasteiger partial charge in [-0.3, -0.25) is 4.79 Å². The number of fused-ring (bicyclic) bond motifs is 1. The number of hydrogen-bond donors (Lipinski definition) is 3. The highest BCUT2D eigenvalue weighted by Gasteiger charge is 2.15. The molecule has 4 heteroatoms. The van der Waals surface area contributed by atoms with Crippen LogP contribution in [-0.4, -0.2) is 12.5 Å². The lowest BCUT2D eigenvalue weighted by Gasteiger charge is -2.22. The zero-order valence-electron chi connectivity index (χ0n) is 8.76. The number of carbonyl (C=O) groups is 1. The van der Waals surface area contributed by atoms with Gasteiger partial charge in [0, 0.05) is 13.5 Å². The molecule has 0 unspecified atom stereocenters. The van der Waals surface area contributed by atoms with Gasteiger partial charge in [-0.1, -0.05) is 6.07 Å². The first-order valence-corrected chi connectivity index (χ1v) is 5.11. The SMILES string of the molecule is CC(=O)Nc1c(N)ccc2c1NCCC2. The first-order valence-electron chi connectivity index (χ1n) is 5.11. The molecule has 1 amide bonds. The summed E-state index contributed by atoms with van der Waals surface area (Å²) in [5.74, 6) is -0.0949. The summed E-state index contributed by atoms with van der Waals surface area (Å²) in [6, 6.07) is 3.86. The van der Waals surface area contributed by atoms with E-state index in [1.807, 2.05) is 12.1 Å². The van der Waals surface area contributed by atoms with E-state index < -0.39 is 0 Å². The van der Waals surface area contributed by atoms with Crippen LogP contribution in [-0.2, 0) is 11.2 Å². The Labute approximate surface area is 88.9 Å². The Morgan fingerprint density at radius 2 is 2.33 bits per heavy atom. The second-order valence-electron chi connectivity index (χ2n) is 3.78. The zero-order valence-corrected chi connectivity index (χ0v) is 8.76. The fourth-order valence-corrected chi connectivity index (χ4v) is 1.88. The van der Waals surface area contributed by atoms with Gasteiger partial charge in [0.1, 0.15) is 0 Å². The Morgan fingerprint density at radius 1 is 1.53 bits per heavy atom. The highest BCUT2D eigenvalue weighted by Crippen LogP contribution is 2.34. The fraction of sp³-hybridized carbons (Fsp3) is 0.364. The molecule has 0 aliphatic carbocycles. The van der Waals surface area contributed by atoms with Crippen LogP contribution in [0, 0.1) is 0 Å². The highest BCUT2D eigenvalue weighted by atomic mass is 16.1. The van der Waals surface area contributed by atoms with Crippen molar-refractivity contribution in [2.45, 2.75) is 19.8 Å². The standard InChI is InChI=1S/C11H15N3O/c1-7(15)14-11-9(12)5-4-8-3-2-6-13-10(8)11/h4-5,13H,2-3,6,12H2,1H3,(H,14,15). The van der Waals surface area contributed by atoms with Crippen molar-refractivity contribution in [3.05, 3.63) is 17.7 Å². The Hall–Kier alpha value is -1.71. The molecule has 0 saturated carbocycles. The topological polar surface area (TPSA) is 67.2 Å². The molecule has 4 nitrogen and oxygen atoms in total. The number of hydrogen-bond acceptors (Lipinski definition) is 3. The van der Waals surface area contributed by atoms with E-state index >= 15 is 0 Å². The van der Waals surface area contributed by atoms with Crippen molar-refractivity contribution in [2.24, 2.45) is 0 Å². The van der Waals surface area contributed by atoms with Crippen LogP contribution in [0.3, 0.4) is 0 Å². The second-order valence-corrected chi connectivity index (χ2v) is 3.78. The molecule has 1 aliphatic rings. The van der Waals surface area contributed by atoms with Gasteiger partial charge in [0.15, 0.2) is 0 Å². The fourth-order valence-electron chi connectivity index (χ4n) is 1.88.